The number of urea groups is 1. The summed E-state index contributed by atoms with van der Waals surface area (Å²) in [5.41, 5.74) is 8.23. The molecule has 0 aromatic heterocycles. The number of benzene rings is 8. The lowest BCUT2D eigenvalue weighted by Crippen LogP contribution is -2.59. The van der Waals surface area contributed by atoms with Crippen molar-refractivity contribution in [1.82, 2.24) is 45.8 Å². The van der Waals surface area contributed by atoms with Crippen LogP contribution < -0.4 is 21.3 Å². The highest BCUT2D eigenvalue weighted by Crippen LogP contribution is 2.43. The first-order chi connectivity index (χ1) is 50.9. The molecule has 8 aromatic carbocycles. The summed E-state index contributed by atoms with van der Waals surface area (Å²) in [5, 5.41) is 15.4. The molecule has 4 heterocycles. The third-order valence-corrected chi connectivity index (χ3v) is 23.2. The Hall–Kier alpha value is -7.97. The summed E-state index contributed by atoms with van der Waals surface area (Å²) in [6.07, 6.45) is 7.08. The van der Waals surface area contributed by atoms with E-state index in [0.717, 1.165) is 109 Å². The highest BCUT2D eigenvalue weighted by Gasteiger charge is 2.47. The fourth-order valence-corrected chi connectivity index (χ4v) is 16.4. The number of carbonyl (C=O) groups is 5. The van der Waals surface area contributed by atoms with Gasteiger partial charge in [-0.1, -0.05) is 256 Å². The van der Waals surface area contributed by atoms with E-state index in [1.807, 2.05) is 217 Å². The van der Waals surface area contributed by atoms with E-state index < -0.39 is 22.7 Å². The largest absolute Gasteiger partial charge is 0.346 e. The molecular formula is C86H102Cl4N10O6S2. The fourth-order valence-electron chi connectivity index (χ4n) is 15.8. The molecule has 0 unspecified atom stereocenters. The summed E-state index contributed by atoms with van der Waals surface area (Å²) in [6.45, 7) is 13.1. The van der Waals surface area contributed by atoms with E-state index in [4.69, 9.17) is 46.4 Å². The van der Waals surface area contributed by atoms with Crippen molar-refractivity contribution in [3.8, 4) is 0 Å². The van der Waals surface area contributed by atoms with E-state index in [1.165, 1.54) is 11.1 Å². The van der Waals surface area contributed by atoms with Crippen molar-refractivity contribution in [3.63, 3.8) is 0 Å². The number of halogens is 4. The van der Waals surface area contributed by atoms with Crippen LogP contribution in [0.4, 0.5) is 4.79 Å². The van der Waals surface area contributed by atoms with Gasteiger partial charge in [-0.3, -0.25) is 19.2 Å². The Kier molecular flexibility index (Phi) is 31.0. The van der Waals surface area contributed by atoms with Crippen molar-refractivity contribution in [3.05, 3.63) is 282 Å². The minimum atomic E-state index is -1.00. The van der Waals surface area contributed by atoms with E-state index in [0.29, 0.717) is 52.4 Å². The Bertz CT molecular complexity index is 4300. The molecule has 572 valence electrons. The molecule has 16 nitrogen and oxygen atoms in total. The van der Waals surface area contributed by atoms with Gasteiger partial charge in [0.1, 0.15) is 6.04 Å². The standard InChI is InChI=1S/C43H49Cl2N5O3.C29H38Cl2N4O2.C14H11NO.2H2S/c1-30(2)40(52)48(3)29-43(34-19-20-36(44)37(45)28-34,49(4)41(53)46-39(31-13-7-5-8-14-31)32-15-9-6-10-16-32)23-26-50-24-21-42(22-25-50)35-18-12-11-17-33(35)27-38(51)47-42;1-20(2)27(37)34(4)19-29(32-3,22-9-10-24(30)25(31)18-22)13-16-35-14-11-28(12-15-35)23-8-6-5-7-21(23)17-26(36)33-28;16-11-15-14(12-7-3-1-4-8-12)13-9-5-2-6-10-13;;/h5-20,28,30,39H,21-27,29H2,1-4H3,(H,46,53)(H,47,51);5-10,18,20,32H,11-17,19H2,1-4H3,(H,33,36);1-10,14H;2*1H2/t43-;29-;;;/m11.../s1. The molecule has 108 heavy (non-hydrogen) atoms. The van der Waals surface area contributed by atoms with Crippen molar-refractivity contribution in [2.75, 3.05) is 80.5 Å². The van der Waals surface area contributed by atoms with Crippen molar-refractivity contribution in [1.29, 1.82) is 0 Å². The highest BCUT2D eigenvalue weighted by molar-refractivity contribution is 7.59. The number of carbonyl (C=O) groups excluding carboxylic acids is 6. The maximum atomic E-state index is 14.8. The number of amides is 6. The first kappa shape index (κ1) is 85.6. The van der Waals surface area contributed by atoms with E-state index >= 15 is 0 Å². The summed E-state index contributed by atoms with van der Waals surface area (Å²) < 4.78 is 0. The van der Waals surface area contributed by atoms with Gasteiger partial charge < -0.3 is 45.8 Å². The van der Waals surface area contributed by atoms with Crippen LogP contribution in [0.25, 0.3) is 0 Å². The number of likely N-dealkylation sites (N-methyl/N-ethyl adjacent to an activating group) is 4. The van der Waals surface area contributed by atoms with Crippen molar-refractivity contribution in [2.45, 2.75) is 113 Å². The van der Waals surface area contributed by atoms with Crippen LogP contribution in [0, 0.1) is 11.8 Å². The molecular weight excluding hydrogens is 1470 g/mol. The summed E-state index contributed by atoms with van der Waals surface area (Å²) in [5.74, 6) is -0.0738. The van der Waals surface area contributed by atoms with Crippen LogP contribution in [0.2, 0.25) is 20.1 Å². The van der Waals surface area contributed by atoms with Gasteiger partial charge in [-0.15, -0.1) is 0 Å². The predicted octanol–water partition coefficient (Wildman–Crippen LogP) is 15.7. The number of nitrogens with one attached hydrogen (secondary N) is 4. The molecule has 22 heteroatoms. The zero-order chi connectivity index (χ0) is 75.8. The van der Waals surface area contributed by atoms with Gasteiger partial charge in [0.25, 0.3) is 0 Å². The SMILES string of the molecule is CC(C)C(=O)N(C)C[C@](CCN1CCC2(CC1)NC(=O)Cc1ccccc12)(c1ccc(Cl)c(Cl)c1)N(C)C(=O)NC(c1ccccc1)c1ccccc1.CN[C@](CCN1CCC2(CC1)NC(=O)Cc1ccccc12)(CN(C)C(=O)C(C)C)c1ccc(Cl)c(Cl)c1.O=C=NC(c1ccccc1)c1ccccc1.S.S. The van der Waals surface area contributed by atoms with Gasteiger partial charge in [0.2, 0.25) is 29.7 Å². The van der Waals surface area contributed by atoms with Gasteiger partial charge in [0.15, 0.2) is 0 Å². The third-order valence-electron chi connectivity index (χ3n) is 21.7. The van der Waals surface area contributed by atoms with Gasteiger partial charge in [0.05, 0.1) is 61.1 Å². The molecule has 2 spiro atoms. The molecule has 4 aliphatic rings. The van der Waals surface area contributed by atoms with Gasteiger partial charge >= 0.3 is 6.03 Å². The van der Waals surface area contributed by atoms with Crippen molar-refractivity contribution >= 4 is 109 Å². The molecule has 8 aromatic rings. The number of hydrogen-bond donors (Lipinski definition) is 4. The summed E-state index contributed by atoms with van der Waals surface area (Å²) >= 11 is 25.8. The maximum absolute atomic E-state index is 14.8. The minimum absolute atomic E-state index is 0. The van der Waals surface area contributed by atoms with Gasteiger partial charge in [0, 0.05) is 85.3 Å². The molecule has 2 atom stereocenters. The molecule has 2 saturated heterocycles. The molecule has 6 amide bonds. The lowest BCUT2D eigenvalue weighted by molar-refractivity contribution is -0.135. The van der Waals surface area contributed by atoms with Crippen LogP contribution in [0.15, 0.2) is 211 Å². The number of nitrogens with zero attached hydrogens (tertiary/aromatic N) is 6. The number of rotatable bonds is 22. The van der Waals surface area contributed by atoms with Gasteiger partial charge in [-0.25, -0.2) is 9.59 Å². The van der Waals surface area contributed by atoms with Crippen LogP contribution in [-0.2, 0) is 59.0 Å². The van der Waals surface area contributed by atoms with Crippen LogP contribution in [0.1, 0.15) is 134 Å². The number of fused-ring (bicyclic) bond motifs is 4. The average molecular weight is 1580 g/mol. The molecule has 12 rings (SSSR count). The second kappa shape index (κ2) is 39.1. The minimum Gasteiger partial charge on any atom is -0.346 e. The maximum Gasteiger partial charge on any atom is 0.318 e. The quantitative estimate of drug-likeness (QED) is 0.0380. The second-order valence-electron chi connectivity index (χ2n) is 29.1. The second-order valence-corrected chi connectivity index (χ2v) is 30.8. The first-order valence-electron chi connectivity index (χ1n) is 36.6. The lowest BCUT2D eigenvalue weighted by Gasteiger charge is -2.48. The molecule has 0 aliphatic carbocycles. The average Bonchev–Trinajstić information content (AvgIpc) is 0.783. The first-order valence-corrected chi connectivity index (χ1v) is 38.1. The number of aliphatic imine (C=N–C) groups is 1. The monoisotopic (exact) mass is 1570 g/mol. The predicted molar refractivity (Wildman–Crippen MR) is 445 cm³/mol. The zero-order valence-electron chi connectivity index (χ0n) is 62.9. The number of isocyanates is 1. The molecule has 0 bridgehead atoms. The lowest BCUT2D eigenvalue weighted by atomic mass is 9.75. The summed E-state index contributed by atoms with van der Waals surface area (Å²) in [7, 11) is 7.40. The summed E-state index contributed by atoms with van der Waals surface area (Å²) in [6, 6.07) is 66.1. The highest BCUT2D eigenvalue weighted by atomic mass is 35.5. The number of likely N-dealkylation sites (tertiary alicyclic amines) is 2. The van der Waals surface area contributed by atoms with Crippen LogP contribution >= 0.6 is 73.4 Å². The third kappa shape index (κ3) is 20.5. The van der Waals surface area contributed by atoms with Crippen LogP contribution in [0.3, 0.4) is 0 Å². The summed E-state index contributed by atoms with van der Waals surface area (Å²) in [4.78, 5) is 90.9. The van der Waals surface area contributed by atoms with Crippen molar-refractivity contribution < 1.29 is 28.8 Å². The molecule has 4 N–H and O–H groups in total. The topological polar surface area (TPSA) is 179 Å². The number of piperidine rings is 2. The van der Waals surface area contributed by atoms with E-state index in [9.17, 15) is 28.8 Å². The molecule has 0 radical (unpaired) electrons. The molecule has 4 aliphatic heterocycles. The molecule has 2 fully saturated rings. The fraction of sp³-hybridized carbons (Fsp3) is 0.372. The Labute approximate surface area is 671 Å². The Morgan fingerprint density at radius 2 is 0.898 bits per heavy atom. The zero-order valence-corrected chi connectivity index (χ0v) is 67.9. The van der Waals surface area contributed by atoms with E-state index in [1.54, 1.807) is 36.0 Å². The normalized spacial score (nSPS) is 16.0. The van der Waals surface area contributed by atoms with Gasteiger partial charge in [-0.05, 0) is 125 Å². The molecule has 0 saturated carbocycles. The van der Waals surface area contributed by atoms with Crippen molar-refractivity contribution in [2.24, 2.45) is 16.8 Å². The smallest absolute Gasteiger partial charge is 0.318 e. The number of hydrogen-bond acceptors (Lipinski definition) is 10. The van der Waals surface area contributed by atoms with Gasteiger partial charge in [-0.2, -0.15) is 32.0 Å². The van der Waals surface area contributed by atoms with E-state index in [-0.39, 0.29) is 86.6 Å². The Morgan fingerprint density at radius 1 is 0.519 bits per heavy atom. The van der Waals surface area contributed by atoms with Crippen LogP contribution in [-0.4, -0.2) is 141 Å². The van der Waals surface area contributed by atoms with E-state index in [2.05, 4.69) is 66.4 Å². The Morgan fingerprint density at radius 3 is 1.31 bits per heavy atom. The Balaban J connectivity index is 0.000000230. The van der Waals surface area contributed by atoms with Crippen LogP contribution in [0.5, 0.6) is 0 Å².